The Bertz CT molecular complexity index is 619. The lowest BCUT2D eigenvalue weighted by molar-refractivity contribution is -0.0304. The zero-order chi connectivity index (χ0) is 16.5. The first-order valence-electron chi connectivity index (χ1n) is 10.4. The lowest BCUT2D eigenvalue weighted by Crippen LogP contribution is -2.46. The second-order valence-electron chi connectivity index (χ2n) is 9.59. The maximum atomic E-state index is 6.68. The van der Waals surface area contributed by atoms with Crippen LogP contribution in [0.25, 0.3) is 0 Å². The van der Waals surface area contributed by atoms with Crippen LogP contribution >= 0.6 is 0 Å². The predicted octanol–water partition coefficient (Wildman–Crippen LogP) is 6.04. The van der Waals surface area contributed by atoms with E-state index in [2.05, 4.69) is 45.0 Å². The van der Waals surface area contributed by atoms with Crippen LogP contribution in [0.3, 0.4) is 0 Å². The van der Waals surface area contributed by atoms with Gasteiger partial charge < -0.3 is 4.74 Å². The van der Waals surface area contributed by atoms with Crippen LogP contribution in [0.15, 0.2) is 24.3 Å². The van der Waals surface area contributed by atoms with Crippen LogP contribution in [0.2, 0.25) is 0 Å². The van der Waals surface area contributed by atoms with Crippen molar-refractivity contribution in [3.63, 3.8) is 0 Å². The quantitative estimate of drug-likeness (QED) is 0.613. The van der Waals surface area contributed by atoms with Crippen molar-refractivity contribution in [1.82, 2.24) is 0 Å². The lowest BCUT2D eigenvalue weighted by atomic mass is 9.66. The van der Waals surface area contributed by atoms with Gasteiger partial charge in [-0.15, -0.1) is 0 Å². The summed E-state index contributed by atoms with van der Waals surface area (Å²) in [4.78, 5) is 0. The maximum Gasteiger partial charge on any atom is 0.120 e. The summed E-state index contributed by atoms with van der Waals surface area (Å²) in [6.07, 6.45) is 8.53. The predicted molar refractivity (Wildman–Crippen MR) is 98.2 cm³/mol. The Labute approximate surface area is 147 Å². The number of fused-ring (bicyclic) bond motifs is 9. The smallest absolute Gasteiger partial charge is 0.120 e. The Morgan fingerprint density at radius 1 is 1.04 bits per heavy atom. The molecular weight excluding hydrogens is 292 g/mol. The Morgan fingerprint density at radius 2 is 1.75 bits per heavy atom. The summed E-state index contributed by atoms with van der Waals surface area (Å²) in [6, 6.07) is 8.99. The number of ether oxygens (including phenoxy) is 1. The van der Waals surface area contributed by atoms with E-state index in [9.17, 15) is 0 Å². The molecule has 4 aliphatic carbocycles. The minimum atomic E-state index is 0.0915. The van der Waals surface area contributed by atoms with Gasteiger partial charge in [0.25, 0.3) is 0 Å². The Hall–Kier alpha value is -0.980. The molecule has 4 saturated carbocycles. The van der Waals surface area contributed by atoms with E-state index in [1.165, 1.54) is 37.7 Å². The normalized spacial score (nSPS) is 46.3. The summed E-state index contributed by atoms with van der Waals surface area (Å²) in [6.45, 7) is 6.99. The monoisotopic (exact) mass is 324 g/mol. The van der Waals surface area contributed by atoms with Crippen molar-refractivity contribution in [3.05, 3.63) is 29.8 Å². The summed E-state index contributed by atoms with van der Waals surface area (Å²) in [5.74, 6) is 7.69. The number of hydrogen-bond acceptors (Lipinski definition) is 1. The van der Waals surface area contributed by atoms with Gasteiger partial charge in [0, 0.05) is 5.92 Å². The van der Waals surface area contributed by atoms with Gasteiger partial charge in [0.2, 0.25) is 0 Å². The zero-order valence-electron chi connectivity index (χ0n) is 15.5. The largest absolute Gasteiger partial charge is 0.487 e. The molecule has 0 spiro atoms. The number of hydrogen-bond donors (Lipinski definition) is 0. The first kappa shape index (κ1) is 15.3. The molecule has 1 heteroatoms. The van der Waals surface area contributed by atoms with Crippen molar-refractivity contribution < 1.29 is 4.74 Å². The molecule has 24 heavy (non-hydrogen) atoms. The molecule has 5 rings (SSSR count). The van der Waals surface area contributed by atoms with Crippen LogP contribution in [0.1, 0.15) is 70.8 Å². The van der Waals surface area contributed by atoms with Crippen molar-refractivity contribution in [2.75, 3.05) is 0 Å². The highest BCUT2D eigenvalue weighted by Gasteiger charge is 2.66. The SMILES string of the molecule is CCC(C)c1ccc(OC2(C)CC3CC2C2C4CCC(C4)C32)cc1. The molecule has 1 aromatic carbocycles. The molecule has 8 unspecified atom stereocenters. The fourth-order valence-corrected chi connectivity index (χ4v) is 7.35. The molecule has 4 fully saturated rings. The molecule has 0 N–H and O–H groups in total. The lowest BCUT2D eigenvalue weighted by Gasteiger charge is -2.44. The average molecular weight is 325 g/mol. The van der Waals surface area contributed by atoms with Crippen LogP contribution in [-0.4, -0.2) is 5.60 Å². The van der Waals surface area contributed by atoms with Gasteiger partial charge >= 0.3 is 0 Å². The van der Waals surface area contributed by atoms with E-state index in [4.69, 9.17) is 4.74 Å². The molecule has 1 nitrogen and oxygen atoms in total. The molecule has 1 aromatic rings. The van der Waals surface area contributed by atoms with E-state index in [0.717, 1.165) is 41.3 Å². The maximum absolute atomic E-state index is 6.68. The Morgan fingerprint density at radius 3 is 2.46 bits per heavy atom. The van der Waals surface area contributed by atoms with Crippen molar-refractivity contribution in [2.45, 2.75) is 70.8 Å². The summed E-state index contributed by atoms with van der Waals surface area (Å²) in [7, 11) is 0. The standard InChI is InChI=1S/C23H32O/c1-4-14(2)15-7-9-19(10-8-15)24-23(3)13-18-12-20(23)22-17-6-5-16(11-17)21(18)22/h7-10,14,16-18,20-22H,4-6,11-13H2,1-3H3. The molecule has 0 aliphatic heterocycles. The van der Waals surface area contributed by atoms with Gasteiger partial charge in [-0.1, -0.05) is 26.0 Å². The molecule has 0 heterocycles. The van der Waals surface area contributed by atoms with E-state index < -0.39 is 0 Å². The summed E-state index contributed by atoms with van der Waals surface area (Å²) >= 11 is 0. The highest BCUT2D eigenvalue weighted by atomic mass is 16.5. The third-order valence-electron chi connectivity index (χ3n) is 8.48. The average Bonchev–Trinajstić information content (AvgIpc) is 3.32. The Balaban J connectivity index is 1.35. The summed E-state index contributed by atoms with van der Waals surface area (Å²) in [5, 5.41) is 0. The van der Waals surface area contributed by atoms with E-state index in [1.807, 2.05) is 0 Å². The van der Waals surface area contributed by atoms with Gasteiger partial charge in [0.15, 0.2) is 0 Å². The van der Waals surface area contributed by atoms with E-state index in [1.54, 1.807) is 6.42 Å². The van der Waals surface area contributed by atoms with Crippen molar-refractivity contribution >= 4 is 0 Å². The topological polar surface area (TPSA) is 9.23 Å². The van der Waals surface area contributed by atoms with Crippen LogP contribution in [0.5, 0.6) is 5.75 Å². The van der Waals surface area contributed by atoms with Crippen LogP contribution < -0.4 is 4.74 Å². The molecule has 130 valence electrons. The molecule has 0 radical (unpaired) electrons. The molecule has 0 saturated heterocycles. The Kier molecular flexibility index (Phi) is 3.35. The minimum Gasteiger partial charge on any atom is -0.487 e. The highest BCUT2D eigenvalue weighted by Crippen LogP contribution is 2.70. The van der Waals surface area contributed by atoms with Gasteiger partial charge in [-0.25, -0.2) is 0 Å². The van der Waals surface area contributed by atoms with Crippen LogP contribution in [0, 0.1) is 35.5 Å². The first-order valence-corrected chi connectivity index (χ1v) is 10.4. The highest BCUT2D eigenvalue weighted by molar-refractivity contribution is 5.30. The fourth-order valence-electron chi connectivity index (χ4n) is 7.35. The number of benzene rings is 1. The van der Waals surface area contributed by atoms with Crippen LogP contribution in [0.4, 0.5) is 0 Å². The van der Waals surface area contributed by atoms with Crippen LogP contribution in [-0.2, 0) is 0 Å². The van der Waals surface area contributed by atoms with E-state index in [-0.39, 0.29) is 5.60 Å². The third kappa shape index (κ3) is 2.06. The second-order valence-corrected chi connectivity index (χ2v) is 9.59. The van der Waals surface area contributed by atoms with Crippen molar-refractivity contribution in [1.29, 1.82) is 0 Å². The van der Waals surface area contributed by atoms with Crippen molar-refractivity contribution in [3.8, 4) is 5.75 Å². The molecular formula is C23H32O. The van der Waals surface area contributed by atoms with Gasteiger partial charge in [-0.3, -0.25) is 0 Å². The third-order valence-corrected chi connectivity index (χ3v) is 8.48. The van der Waals surface area contributed by atoms with E-state index in [0.29, 0.717) is 5.92 Å². The molecule has 4 aliphatic rings. The zero-order valence-corrected chi connectivity index (χ0v) is 15.5. The second kappa shape index (κ2) is 5.26. The van der Waals surface area contributed by atoms with Gasteiger partial charge in [0.05, 0.1) is 0 Å². The fraction of sp³-hybridized carbons (Fsp3) is 0.739. The van der Waals surface area contributed by atoms with Gasteiger partial charge in [0.1, 0.15) is 11.4 Å². The van der Waals surface area contributed by atoms with Gasteiger partial charge in [-0.05, 0) is 98.7 Å². The summed E-state index contributed by atoms with van der Waals surface area (Å²) in [5.41, 5.74) is 1.53. The molecule has 0 amide bonds. The first-order chi connectivity index (χ1) is 11.6. The molecule has 8 atom stereocenters. The number of rotatable bonds is 4. The minimum absolute atomic E-state index is 0.0915. The van der Waals surface area contributed by atoms with E-state index >= 15 is 0 Å². The summed E-state index contributed by atoms with van der Waals surface area (Å²) < 4.78 is 6.68. The van der Waals surface area contributed by atoms with Gasteiger partial charge in [-0.2, -0.15) is 0 Å². The van der Waals surface area contributed by atoms with Crippen molar-refractivity contribution in [2.24, 2.45) is 35.5 Å². The molecule has 0 aromatic heterocycles. The molecule has 4 bridgehead atoms.